The van der Waals surface area contributed by atoms with Crippen LogP contribution in [0, 0.1) is 20.8 Å². The molecule has 184 valence electrons. The van der Waals surface area contributed by atoms with Crippen molar-refractivity contribution in [3.8, 4) is 11.4 Å². The van der Waals surface area contributed by atoms with Crippen LogP contribution < -0.4 is 5.32 Å². The molecule has 0 unspecified atom stereocenters. The van der Waals surface area contributed by atoms with Crippen molar-refractivity contribution < 1.29 is 9.32 Å². The van der Waals surface area contributed by atoms with Gasteiger partial charge in [-0.1, -0.05) is 16.8 Å². The molecule has 0 aliphatic rings. The van der Waals surface area contributed by atoms with Crippen molar-refractivity contribution in [2.45, 2.75) is 40.8 Å². The molecule has 0 saturated heterocycles. The van der Waals surface area contributed by atoms with E-state index in [9.17, 15) is 4.79 Å². The van der Waals surface area contributed by atoms with Crippen LogP contribution in [0.1, 0.15) is 39.8 Å². The molecule has 0 radical (unpaired) electrons. The maximum absolute atomic E-state index is 13.8. The van der Waals surface area contributed by atoms with Crippen LogP contribution in [0.15, 0.2) is 41.1 Å². The number of aryl methyl sites for hydroxylation is 3. The highest BCUT2D eigenvalue weighted by molar-refractivity contribution is 6.05. The number of nitrogens with zero attached hydrogens (tertiary/aromatic N) is 6. The molecule has 0 aliphatic carbocycles. The Morgan fingerprint density at radius 2 is 1.92 bits per heavy atom. The van der Waals surface area contributed by atoms with Crippen LogP contribution in [0.25, 0.3) is 33.3 Å². The average Bonchev–Trinajstić information content (AvgIpc) is 3.44. The van der Waals surface area contributed by atoms with Gasteiger partial charge in [0.25, 0.3) is 5.91 Å². The first-order valence-electron chi connectivity index (χ1n) is 11.9. The van der Waals surface area contributed by atoms with Gasteiger partial charge in [0.05, 0.1) is 17.1 Å². The Hall–Kier alpha value is -4.27. The van der Waals surface area contributed by atoms with Crippen molar-refractivity contribution in [2.24, 2.45) is 0 Å². The van der Waals surface area contributed by atoms with E-state index in [0.29, 0.717) is 29.5 Å². The number of nitrogens with one attached hydrogen (secondary N) is 1. The number of carbonyl (C=O) groups excluding carboxylic acids is 1. The van der Waals surface area contributed by atoms with Crippen LogP contribution >= 0.6 is 0 Å². The van der Waals surface area contributed by atoms with Gasteiger partial charge >= 0.3 is 0 Å². The van der Waals surface area contributed by atoms with Crippen LogP contribution in [0.3, 0.4) is 0 Å². The van der Waals surface area contributed by atoms with Crippen LogP contribution in [0.5, 0.6) is 0 Å². The van der Waals surface area contributed by atoms with Crippen molar-refractivity contribution in [3.63, 3.8) is 0 Å². The zero-order valence-electron chi connectivity index (χ0n) is 21.4. The summed E-state index contributed by atoms with van der Waals surface area (Å²) in [6.07, 6.45) is 1.83. The van der Waals surface area contributed by atoms with Crippen molar-refractivity contribution >= 4 is 33.6 Å². The first-order valence-corrected chi connectivity index (χ1v) is 11.9. The van der Waals surface area contributed by atoms with Crippen LogP contribution in [-0.4, -0.2) is 49.8 Å². The number of aromatic nitrogens is 5. The molecular formula is C27H29N7O2. The summed E-state index contributed by atoms with van der Waals surface area (Å²) in [7, 11) is 3.59. The minimum Gasteiger partial charge on any atom is -0.370 e. The molecule has 9 heteroatoms. The highest BCUT2D eigenvalue weighted by Gasteiger charge is 2.22. The van der Waals surface area contributed by atoms with Crippen molar-refractivity contribution in [1.82, 2.24) is 29.8 Å². The predicted molar refractivity (Wildman–Crippen MR) is 140 cm³/mol. The van der Waals surface area contributed by atoms with Gasteiger partial charge in [-0.25, -0.2) is 9.97 Å². The topological polar surface area (TPSA) is 102 Å². The van der Waals surface area contributed by atoms with Gasteiger partial charge in [-0.3, -0.25) is 9.48 Å². The van der Waals surface area contributed by atoms with E-state index < -0.39 is 0 Å². The molecule has 1 amide bonds. The van der Waals surface area contributed by atoms with Gasteiger partial charge in [-0.05, 0) is 57.5 Å². The third-order valence-electron chi connectivity index (χ3n) is 6.61. The Morgan fingerprint density at radius 1 is 1.11 bits per heavy atom. The van der Waals surface area contributed by atoms with E-state index >= 15 is 0 Å². The lowest BCUT2D eigenvalue weighted by Crippen LogP contribution is -2.28. The molecule has 5 rings (SSSR count). The smallest absolute Gasteiger partial charge is 0.273 e. The summed E-state index contributed by atoms with van der Waals surface area (Å²) in [5.41, 5.74) is 6.63. The molecule has 5 aromatic rings. The minimum absolute atomic E-state index is 0.169. The summed E-state index contributed by atoms with van der Waals surface area (Å²) < 4.78 is 7.37. The molecule has 0 saturated carbocycles. The van der Waals surface area contributed by atoms with Crippen LogP contribution in [0.4, 0.5) is 5.82 Å². The molecule has 0 bridgehead atoms. The first-order chi connectivity index (χ1) is 17.3. The zero-order valence-corrected chi connectivity index (χ0v) is 21.4. The van der Waals surface area contributed by atoms with E-state index in [0.717, 1.165) is 50.8 Å². The largest absolute Gasteiger partial charge is 0.370 e. The van der Waals surface area contributed by atoms with E-state index in [2.05, 4.69) is 15.6 Å². The molecule has 0 atom stereocenters. The van der Waals surface area contributed by atoms with Crippen molar-refractivity contribution in [2.75, 3.05) is 19.4 Å². The number of rotatable bonds is 6. The first kappa shape index (κ1) is 23.5. The molecule has 0 fully saturated rings. The lowest BCUT2D eigenvalue weighted by atomic mass is 10.0. The maximum atomic E-state index is 13.8. The van der Waals surface area contributed by atoms with Gasteiger partial charge in [0, 0.05) is 49.4 Å². The zero-order chi connectivity index (χ0) is 25.6. The second-order valence-electron chi connectivity index (χ2n) is 9.09. The van der Waals surface area contributed by atoms with Gasteiger partial charge in [0.15, 0.2) is 17.2 Å². The Kier molecular flexibility index (Phi) is 5.91. The maximum Gasteiger partial charge on any atom is 0.273 e. The number of amides is 1. The van der Waals surface area contributed by atoms with E-state index in [4.69, 9.17) is 14.5 Å². The molecule has 9 nitrogen and oxygen atoms in total. The lowest BCUT2D eigenvalue weighted by Gasteiger charge is -2.18. The summed E-state index contributed by atoms with van der Waals surface area (Å²) in [5.74, 6) is 0.958. The van der Waals surface area contributed by atoms with Gasteiger partial charge in [-0.15, -0.1) is 0 Å². The molecule has 2 aromatic carbocycles. The third-order valence-corrected chi connectivity index (χ3v) is 6.61. The Morgan fingerprint density at radius 3 is 2.64 bits per heavy atom. The summed E-state index contributed by atoms with van der Waals surface area (Å²) in [4.78, 5) is 25.1. The molecule has 3 heterocycles. The van der Waals surface area contributed by atoms with E-state index in [1.807, 2.05) is 68.9 Å². The Labute approximate surface area is 209 Å². The predicted octanol–water partition coefficient (Wildman–Crippen LogP) is 4.89. The van der Waals surface area contributed by atoms with Crippen LogP contribution in [-0.2, 0) is 13.1 Å². The highest BCUT2D eigenvalue weighted by Crippen LogP contribution is 2.32. The van der Waals surface area contributed by atoms with E-state index in [1.54, 1.807) is 19.0 Å². The number of carbonyl (C=O) groups is 1. The molecular weight excluding hydrogens is 454 g/mol. The quantitative estimate of drug-likeness (QED) is 0.367. The third kappa shape index (κ3) is 3.96. The normalized spacial score (nSPS) is 11.4. The fraction of sp³-hybridized carbons (Fsp3) is 0.296. The van der Waals surface area contributed by atoms with E-state index in [-0.39, 0.29) is 5.91 Å². The second-order valence-corrected chi connectivity index (χ2v) is 9.09. The SMILES string of the molecule is CCn1ncc(CN(C)C(=O)c2nc(-c3cc4c(NC)noc4cc3C)nc3ccc(C)cc23)c1C. The fourth-order valence-electron chi connectivity index (χ4n) is 4.50. The number of benzene rings is 2. The van der Waals surface area contributed by atoms with Crippen molar-refractivity contribution in [3.05, 3.63) is 64.6 Å². The van der Waals surface area contributed by atoms with Gasteiger partial charge in [-0.2, -0.15) is 5.10 Å². The fourth-order valence-corrected chi connectivity index (χ4v) is 4.50. The average molecular weight is 484 g/mol. The molecule has 1 N–H and O–H groups in total. The van der Waals surface area contributed by atoms with Crippen LogP contribution in [0.2, 0.25) is 0 Å². The molecule has 3 aromatic heterocycles. The van der Waals surface area contributed by atoms with E-state index in [1.165, 1.54) is 0 Å². The number of hydrogen-bond donors (Lipinski definition) is 1. The Bertz CT molecular complexity index is 1620. The molecule has 36 heavy (non-hydrogen) atoms. The number of hydrogen-bond acceptors (Lipinski definition) is 7. The van der Waals surface area contributed by atoms with Gasteiger partial charge in [0.1, 0.15) is 5.69 Å². The number of fused-ring (bicyclic) bond motifs is 2. The summed E-state index contributed by atoms with van der Waals surface area (Å²) >= 11 is 0. The van der Waals surface area contributed by atoms with Crippen molar-refractivity contribution in [1.29, 1.82) is 0 Å². The van der Waals surface area contributed by atoms with Gasteiger partial charge in [0.2, 0.25) is 0 Å². The minimum atomic E-state index is -0.169. The standard InChI is InChI=1S/C27H29N7O2/c1-7-34-17(4)18(13-29-34)14-33(6)27(35)24-20-10-15(2)8-9-22(20)30-26(31-24)19-12-21-23(11-16(19)3)36-32-25(21)28-5/h8-13H,7,14H2,1-6H3,(H,28,32). The van der Waals surface area contributed by atoms with Gasteiger partial charge < -0.3 is 14.7 Å². The Balaban J connectivity index is 1.62. The molecule has 0 aliphatic heterocycles. The summed E-state index contributed by atoms with van der Waals surface area (Å²) in [5, 5.41) is 13.1. The summed E-state index contributed by atoms with van der Waals surface area (Å²) in [6.45, 7) is 9.27. The molecule has 0 spiro atoms. The lowest BCUT2D eigenvalue weighted by molar-refractivity contribution is 0.0781. The summed E-state index contributed by atoms with van der Waals surface area (Å²) in [6, 6.07) is 9.78. The number of anilines is 1. The highest BCUT2D eigenvalue weighted by atomic mass is 16.5. The monoisotopic (exact) mass is 483 g/mol. The second kappa shape index (κ2) is 9.07.